The molecule has 0 unspecified atom stereocenters. The Balaban J connectivity index is 1.88. The Labute approximate surface area is 124 Å². The molecular weight excluding hydrogens is 297 g/mol. The molecule has 1 aliphatic heterocycles. The van der Waals surface area contributed by atoms with E-state index in [4.69, 9.17) is 9.47 Å². The Morgan fingerprint density at radius 3 is 2.45 bits per heavy atom. The number of carbonyl (C=O) groups is 1. The second kappa shape index (κ2) is 5.36. The van der Waals surface area contributed by atoms with Crippen LogP contribution in [0.15, 0.2) is 42.5 Å². The Morgan fingerprint density at radius 2 is 1.77 bits per heavy atom. The lowest BCUT2D eigenvalue weighted by atomic mass is 10.0. The van der Waals surface area contributed by atoms with Crippen molar-refractivity contribution in [2.24, 2.45) is 0 Å². The van der Waals surface area contributed by atoms with Crippen molar-refractivity contribution in [2.75, 3.05) is 6.61 Å². The highest BCUT2D eigenvalue weighted by molar-refractivity contribution is 6.00. The molecule has 114 valence electrons. The third-order valence-electron chi connectivity index (χ3n) is 3.26. The SMILES string of the molecule is O=C1CCOc2c(Oc3ccc(C(F)(F)F)cc3)cccc21. The summed E-state index contributed by atoms with van der Waals surface area (Å²) in [7, 11) is 0. The fourth-order valence-electron chi connectivity index (χ4n) is 2.18. The summed E-state index contributed by atoms with van der Waals surface area (Å²) in [6.45, 7) is 0.263. The van der Waals surface area contributed by atoms with Crippen LogP contribution < -0.4 is 9.47 Å². The minimum atomic E-state index is -4.39. The molecule has 0 radical (unpaired) electrons. The van der Waals surface area contributed by atoms with Crippen molar-refractivity contribution in [1.82, 2.24) is 0 Å². The van der Waals surface area contributed by atoms with Crippen molar-refractivity contribution in [1.29, 1.82) is 0 Å². The quantitative estimate of drug-likeness (QED) is 0.821. The van der Waals surface area contributed by atoms with Crippen LogP contribution in [0, 0.1) is 0 Å². The number of Topliss-reactive ketones (excluding diaryl/α,β-unsaturated/α-hetero) is 1. The van der Waals surface area contributed by atoms with Crippen LogP contribution in [0.3, 0.4) is 0 Å². The highest BCUT2D eigenvalue weighted by Crippen LogP contribution is 2.38. The van der Waals surface area contributed by atoms with Gasteiger partial charge in [-0.25, -0.2) is 0 Å². The van der Waals surface area contributed by atoms with Crippen LogP contribution in [0.2, 0.25) is 0 Å². The molecule has 6 heteroatoms. The predicted molar refractivity (Wildman–Crippen MR) is 72.4 cm³/mol. The number of halogens is 3. The van der Waals surface area contributed by atoms with Gasteiger partial charge in [0.05, 0.1) is 17.7 Å². The summed E-state index contributed by atoms with van der Waals surface area (Å²) in [5, 5.41) is 0. The Morgan fingerprint density at radius 1 is 1.05 bits per heavy atom. The fourth-order valence-corrected chi connectivity index (χ4v) is 2.18. The average Bonchev–Trinajstić information content (AvgIpc) is 2.48. The molecule has 2 aromatic rings. The number of benzene rings is 2. The molecule has 1 heterocycles. The maximum Gasteiger partial charge on any atom is 0.416 e. The molecule has 3 rings (SSSR count). The lowest BCUT2D eigenvalue weighted by Gasteiger charge is -2.19. The number of para-hydroxylation sites is 1. The van der Waals surface area contributed by atoms with Crippen molar-refractivity contribution in [3.63, 3.8) is 0 Å². The molecule has 1 aliphatic rings. The largest absolute Gasteiger partial charge is 0.488 e. The first-order chi connectivity index (χ1) is 10.4. The zero-order chi connectivity index (χ0) is 15.7. The van der Waals surface area contributed by atoms with Gasteiger partial charge in [-0.05, 0) is 36.4 Å². The molecule has 0 amide bonds. The van der Waals surface area contributed by atoms with E-state index < -0.39 is 11.7 Å². The molecule has 0 fully saturated rings. The maximum absolute atomic E-state index is 12.5. The van der Waals surface area contributed by atoms with Gasteiger partial charge >= 0.3 is 6.18 Å². The van der Waals surface area contributed by atoms with Crippen LogP contribution in [-0.2, 0) is 6.18 Å². The monoisotopic (exact) mass is 308 g/mol. The third-order valence-corrected chi connectivity index (χ3v) is 3.26. The minimum Gasteiger partial charge on any atom is -0.488 e. The van der Waals surface area contributed by atoms with Crippen molar-refractivity contribution in [3.8, 4) is 17.2 Å². The number of hydrogen-bond acceptors (Lipinski definition) is 3. The van der Waals surface area contributed by atoms with Crippen molar-refractivity contribution in [3.05, 3.63) is 53.6 Å². The maximum atomic E-state index is 12.5. The van der Waals surface area contributed by atoms with Gasteiger partial charge in [-0.1, -0.05) is 6.07 Å². The number of alkyl halides is 3. The molecule has 0 saturated carbocycles. The van der Waals surface area contributed by atoms with Gasteiger partial charge in [0.25, 0.3) is 0 Å². The van der Waals surface area contributed by atoms with Gasteiger partial charge in [0.1, 0.15) is 5.75 Å². The highest BCUT2D eigenvalue weighted by Gasteiger charge is 2.30. The average molecular weight is 308 g/mol. The van der Waals surface area contributed by atoms with E-state index in [9.17, 15) is 18.0 Å². The van der Waals surface area contributed by atoms with Gasteiger partial charge in [-0.2, -0.15) is 13.2 Å². The number of rotatable bonds is 2. The summed E-state index contributed by atoms with van der Waals surface area (Å²) in [4.78, 5) is 11.8. The number of fused-ring (bicyclic) bond motifs is 1. The van der Waals surface area contributed by atoms with E-state index >= 15 is 0 Å². The first-order valence-electron chi connectivity index (χ1n) is 6.59. The molecule has 3 nitrogen and oxygen atoms in total. The van der Waals surface area contributed by atoms with Crippen LogP contribution in [0.1, 0.15) is 22.3 Å². The number of carbonyl (C=O) groups excluding carboxylic acids is 1. The van der Waals surface area contributed by atoms with Gasteiger partial charge < -0.3 is 9.47 Å². The molecule has 0 N–H and O–H groups in total. The van der Waals surface area contributed by atoms with Crippen LogP contribution in [-0.4, -0.2) is 12.4 Å². The smallest absolute Gasteiger partial charge is 0.416 e. The summed E-state index contributed by atoms with van der Waals surface area (Å²) >= 11 is 0. The van der Waals surface area contributed by atoms with Crippen LogP contribution in [0.25, 0.3) is 0 Å². The van der Waals surface area contributed by atoms with E-state index in [0.717, 1.165) is 12.1 Å². The van der Waals surface area contributed by atoms with Crippen LogP contribution in [0.4, 0.5) is 13.2 Å². The second-order valence-electron chi connectivity index (χ2n) is 4.78. The zero-order valence-corrected chi connectivity index (χ0v) is 11.3. The van der Waals surface area contributed by atoms with E-state index in [-0.39, 0.29) is 18.1 Å². The van der Waals surface area contributed by atoms with E-state index in [0.29, 0.717) is 23.5 Å². The number of hydrogen-bond donors (Lipinski definition) is 0. The minimum absolute atomic E-state index is 0.0425. The molecule has 0 atom stereocenters. The molecule has 0 saturated heterocycles. The Bertz CT molecular complexity index is 706. The van der Waals surface area contributed by atoms with Gasteiger partial charge in [0, 0.05) is 6.42 Å². The summed E-state index contributed by atoms with van der Waals surface area (Å²) in [6, 6.07) is 9.23. The zero-order valence-electron chi connectivity index (χ0n) is 11.3. The van der Waals surface area contributed by atoms with Crippen LogP contribution in [0.5, 0.6) is 17.2 Å². The number of ether oxygens (including phenoxy) is 2. The lowest BCUT2D eigenvalue weighted by molar-refractivity contribution is -0.137. The van der Waals surface area contributed by atoms with Crippen molar-refractivity contribution in [2.45, 2.75) is 12.6 Å². The first kappa shape index (κ1) is 14.4. The Kier molecular flexibility index (Phi) is 3.52. The van der Waals surface area contributed by atoms with Gasteiger partial charge in [-0.15, -0.1) is 0 Å². The predicted octanol–water partition coefficient (Wildman–Crippen LogP) is 4.46. The molecule has 2 aromatic carbocycles. The topological polar surface area (TPSA) is 35.5 Å². The molecule has 0 aromatic heterocycles. The normalized spacial score (nSPS) is 14.2. The van der Waals surface area contributed by atoms with Gasteiger partial charge in [0.2, 0.25) is 0 Å². The molecule has 22 heavy (non-hydrogen) atoms. The highest BCUT2D eigenvalue weighted by atomic mass is 19.4. The Hall–Kier alpha value is -2.50. The van der Waals surface area contributed by atoms with Gasteiger partial charge in [0.15, 0.2) is 17.3 Å². The summed E-state index contributed by atoms with van der Waals surface area (Å²) in [6.07, 6.45) is -4.09. The molecular formula is C16H11F3O3. The second-order valence-corrected chi connectivity index (χ2v) is 4.78. The molecule has 0 bridgehead atoms. The molecule has 0 spiro atoms. The van der Waals surface area contributed by atoms with E-state index in [1.54, 1.807) is 18.2 Å². The third kappa shape index (κ3) is 2.77. The van der Waals surface area contributed by atoms with Crippen molar-refractivity contribution < 1.29 is 27.4 Å². The van der Waals surface area contributed by atoms with E-state index in [1.165, 1.54) is 12.1 Å². The standard InChI is InChI=1S/C16H11F3O3/c17-16(18,19)10-4-6-11(7-5-10)22-14-3-1-2-12-13(20)8-9-21-15(12)14/h1-7H,8-9H2. The fraction of sp³-hybridized carbons (Fsp3) is 0.188. The first-order valence-corrected chi connectivity index (χ1v) is 6.59. The van der Waals surface area contributed by atoms with Crippen molar-refractivity contribution >= 4 is 5.78 Å². The number of ketones is 1. The van der Waals surface area contributed by atoms with E-state index in [1.807, 2.05) is 0 Å². The summed E-state index contributed by atoms with van der Waals surface area (Å²) < 4.78 is 48.5. The summed E-state index contributed by atoms with van der Waals surface area (Å²) in [5.74, 6) is 0.839. The lowest BCUT2D eigenvalue weighted by Crippen LogP contribution is -2.15. The van der Waals surface area contributed by atoms with Crippen LogP contribution >= 0.6 is 0 Å². The molecule has 0 aliphatic carbocycles. The van der Waals surface area contributed by atoms with Gasteiger partial charge in [-0.3, -0.25) is 4.79 Å². The summed E-state index contributed by atoms with van der Waals surface area (Å²) in [5.41, 5.74) is -0.322. The van der Waals surface area contributed by atoms with E-state index in [2.05, 4.69) is 0 Å².